The minimum absolute atomic E-state index is 0.145. The molecule has 0 aliphatic carbocycles. The first-order valence-electron chi connectivity index (χ1n) is 7.40. The molecular weight excluding hydrogens is 328 g/mol. The van der Waals surface area contributed by atoms with E-state index in [1.54, 1.807) is 50.2 Å². The predicted molar refractivity (Wildman–Crippen MR) is 92.8 cm³/mol. The second-order valence-electron chi connectivity index (χ2n) is 5.45. The lowest BCUT2D eigenvalue weighted by atomic mass is 10.2. The summed E-state index contributed by atoms with van der Waals surface area (Å²) in [6.45, 7) is 3.50. The normalized spacial score (nSPS) is 11.3. The molecule has 0 spiro atoms. The summed E-state index contributed by atoms with van der Waals surface area (Å²) < 4.78 is 31.8. The molecule has 0 saturated heterocycles. The van der Waals surface area contributed by atoms with Gasteiger partial charge in [0.25, 0.3) is 5.91 Å². The van der Waals surface area contributed by atoms with Crippen molar-refractivity contribution >= 4 is 21.6 Å². The van der Waals surface area contributed by atoms with E-state index in [0.29, 0.717) is 17.0 Å². The van der Waals surface area contributed by atoms with Crippen LogP contribution in [0.25, 0.3) is 0 Å². The van der Waals surface area contributed by atoms with Gasteiger partial charge in [0, 0.05) is 11.7 Å². The lowest BCUT2D eigenvalue weighted by Gasteiger charge is -2.11. The average molecular weight is 348 g/mol. The molecule has 2 aromatic carbocycles. The van der Waals surface area contributed by atoms with Gasteiger partial charge in [0.05, 0.1) is 17.6 Å². The summed E-state index contributed by atoms with van der Waals surface area (Å²) >= 11 is 0. The third-order valence-electron chi connectivity index (χ3n) is 3.16. The molecule has 0 aromatic heterocycles. The van der Waals surface area contributed by atoms with Gasteiger partial charge in [-0.25, -0.2) is 13.1 Å². The highest BCUT2D eigenvalue weighted by molar-refractivity contribution is 7.89. The first-order chi connectivity index (χ1) is 11.3. The molecule has 6 nitrogen and oxygen atoms in total. The SMILES string of the molecule is COc1ccccc1C(=O)Nc1ccc(S(=O)(=O)NC(C)C)cc1. The number of ether oxygens (including phenoxy) is 1. The molecule has 128 valence electrons. The van der Waals surface area contributed by atoms with Crippen LogP contribution in [0.1, 0.15) is 24.2 Å². The van der Waals surface area contributed by atoms with Crippen LogP contribution in [0.3, 0.4) is 0 Å². The van der Waals surface area contributed by atoms with Gasteiger partial charge in [-0.05, 0) is 50.2 Å². The minimum Gasteiger partial charge on any atom is -0.496 e. The molecule has 0 bridgehead atoms. The summed E-state index contributed by atoms with van der Waals surface area (Å²) in [6, 6.07) is 12.7. The van der Waals surface area contributed by atoms with Crippen LogP contribution >= 0.6 is 0 Å². The van der Waals surface area contributed by atoms with Gasteiger partial charge in [-0.3, -0.25) is 4.79 Å². The maximum Gasteiger partial charge on any atom is 0.259 e. The van der Waals surface area contributed by atoms with Crippen LogP contribution in [0.2, 0.25) is 0 Å². The summed E-state index contributed by atoms with van der Waals surface area (Å²) in [7, 11) is -2.06. The molecule has 0 aliphatic rings. The number of amides is 1. The van der Waals surface area contributed by atoms with Crippen molar-refractivity contribution in [1.82, 2.24) is 4.72 Å². The largest absolute Gasteiger partial charge is 0.496 e. The van der Waals surface area contributed by atoms with Crippen molar-refractivity contribution in [3.63, 3.8) is 0 Å². The Kier molecular flexibility index (Phi) is 5.58. The van der Waals surface area contributed by atoms with E-state index in [9.17, 15) is 13.2 Å². The van der Waals surface area contributed by atoms with Gasteiger partial charge in [0.2, 0.25) is 10.0 Å². The summed E-state index contributed by atoms with van der Waals surface area (Å²) in [5.41, 5.74) is 0.896. The fourth-order valence-corrected chi connectivity index (χ4v) is 3.38. The molecule has 0 fully saturated rings. The molecule has 0 unspecified atom stereocenters. The lowest BCUT2D eigenvalue weighted by molar-refractivity contribution is 0.102. The Morgan fingerprint density at radius 3 is 2.25 bits per heavy atom. The number of para-hydroxylation sites is 1. The molecule has 0 radical (unpaired) electrons. The first-order valence-corrected chi connectivity index (χ1v) is 8.88. The van der Waals surface area contributed by atoms with Crippen molar-refractivity contribution < 1.29 is 17.9 Å². The summed E-state index contributed by atoms with van der Waals surface area (Å²) in [5.74, 6) is 0.138. The van der Waals surface area contributed by atoms with E-state index in [0.717, 1.165) is 0 Å². The molecule has 0 atom stereocenters. The van der Waals surface area contributed by atoms with E-state index in [-0.39, 0.29) is 16.8 Å². The number of hydrogen-bond donors (Lipinski definition) is 2. The highest BCUT2D eigenvalue weighted by atomic mass is 32.2. The van der Waals surface area contributed by atoms with Gasteiger partial charge in [0.15, 0.2) is 0 Å². The maximum absolute atomic E-state index is 12.3. The third-order valence-corrected chi connectivity index (χ3v) is 4.84. The Bertz CT molecular complexity index is 815. The van der Waals surface area contributed by atoms with Crippen molar-refractivity contribution in [3.05, 3.63) is 54.1 Å². The van der Waals surface area contributed by atoms with Crippen LogP contribution in [0.5, 0.6) is 5.75 Å². The zero-order valence-corrected chi connectivity index (χ0v) is 14.6. The Morgan fingerprint density at radius 2 is 1.67 bits per heavy atom. The quantitative estimate of drug-likeness (QED) is 0.840. The Hall–Kier alpha value is -2.38. The molecule has 2 N–H and O–H groups in total. The van der Waals surface area contributed by atoms with Gasteiger partial charge in [-0.15, -0.1) is 0 Å². The fraction of sp³-hybridized carbons (Fsp3) is 0.235. The smallest absolute Gasteiger partial charge is 0.259 e. The van der Waals surface area contributed by atoms with E-state index in [4.69, 9.17) is 4.74 Å². The van der Waals surface area contributed by atoms with Crippen molar-refractivity contribution in [2.45, 2.75) is 24.8 Å². The molecule has 0 heterocycles. The van der Waals surface area contributed by atoms with E-state index < -0.39 is 10.0 Å². The second kappa shape index (κ2) is 7.46. The number of sulfonamides is 1. The Labute approximate surface area is 141 Å². The monoisotopic (exact) mass is 348 g/mol. The van der Waals surface area contributed by atoms with Crippen molar-refractivity contribution in [2.24, 2.45) is 0 Å². The molecule has 2 aromatic rings. The lowest BCUT2D eigenvalue weighted by Crippen LogP contribution is -2.30. The number of benzene rings is 2. The van der Waals surface area contributed by atoms with E-state index >= 15 is 0 Å². The molecule has 0 saturated carbocycles. The van der Waals surface area contributed by atoms with E-state index in [1.807, 2.05) is 0 Å². The zero-order chi connectivity index (χ0) is 17.7. The van der Waals surface area contributed by atoms with Crippen LogP contribution < -0.4 is 14.8 Å². The Balaban J connectivity index is 2.16. The van der Waals surface area contributed by atoms with Gasteiger partial charge in [-0.2, -0.15) is 0 Å². The number of rotatable bonds is 6. The summed E-state index contributed by atoms with van der Waals surface area (Å²) in [6.07, 6.45) is 0. The van der Waals surface area contributed by atoms with E-state index in [2.05, 4.69) is 10.0 Å². The maximum atomic E-state index is 12.3. The van der Waals surface area contributed by atoms with Crippen LogP contribution in [-0.4, -0.2) is 27.5 Å². The number of carbonyl (C=O) groups excluding carboxylic acids is 1. The topological polar surface area (TPSA) is 84.5 Å². The number of methoxy groups -OCH3 is 1. The Morgan fingerprint density at radius 1 is 1.04 bits per heavy atom. The van der Waals surface area contributed by atoms with Gasteiger partial charge in [-0.1, -0.05) is 12.1 Å². The number of carbonyl (C=O) groups is 1. The summed E-state index contributed by atoms with van der Waals surface area (Å²) in [4.78, 5) is 12.4. The minimum atomic E-state index is -3.55. The summed E-state index contributed by atoms with van der Waals surface area (Å²) in [5, 5.41) is 2.72. The van der Waals surface area contributed by atoms with Gasteiger partial charge in [0.1, 0.15) is 5.75 Å². The number of anilines is 1. The van der Waals surface area contributed by atoms with Gasteiger partial charge >= 0.3 is 0 Å². The molecule has 24 heavy (non-hydrogen) atoms. The average Bonchev–Trinajstić information content (AvgIpc) is 2.54. The standard InChI is InChI=1S/C17H20N2O4S/c1-12(2)19-24(21,22)14-10-8-13(9-11-14)18-17(20)15-6-4-5-7-16(15)23-3/h4-12,19H,1-3H3,(H,18,20). The number of nitrogens with one attached hydrogen (secondary N) is 2. The van der Waals surface area contributed by atoms with E-state index in [1.165, 1.54) is 19.2 Å². The van der Waals surface area contributed by atoms with Crippen LogP contribution in [0, 0.1) is 0 Å². The van der Waals surface area contributed by atoms with Gasteiger partial charge < -0.3 is 10.1 Å². The predicted octanol–water partition coefficient (Wildman–Crippen LogP) is 2.63. The second-order valence-corrected chi connectivity index (χ2v) is 7.17. The highest BCUT2D eigenvalue weighted by Gasteiger charge is 2.16. The highest BCUT2D eigenvalue weighted by Crippen LogP contribution is 2.20. The zero-order valence-electron chi connectivity index (χ0n) is 13.7. The fourth-order valence-electron chi connectivity index (χ4n) is 2.13. The molecule has 7 heteroatoms. The van der Waals surface area contributed by atoms with Crippen LogP contribution in [0.4, 0.5) is 5.69 Å². The van der Waals surface area contributed by atoms with Crippen molar-refractivity contribution in [2.75, 3.05) is 12.4 Å². The number of hydrogen-bond acceptors (Lipinski definition) is 4. The third kappa shape index (κ3) is 4.33. The van der Waals surface area contributed by atoms with Crippen LogP contribution in [0.15, 0.2) is 53.4 Å². The first kappa shape index (κ1) is 18.0. The van der Waals surface area contributed by atoms with Crippen LogP contribution in [-0.2, 0) is 10.0 Å². The van der Waals surface area contributed by atoms with Crippen molar-refractivity contribution in [3.8, 4) is 5.75 Å². The molecule has 2 rings (SSSR count). The molecule has 0 aliphatic heterocycles. The molecule has 1 amide bonds. The van der Waals surface area contributed by atoms with Crippen molar-refractivity contribution in [1.29, 1.82) is 0 Å². The molecular formula is C17H20N2O4S.